The fraction of sp³-hybridized carbons (Fsp3) is 0.941. The molecular formula is C17H30N2O2. The summed E-state index contributed by atoms with van der Waals surface area (Å²) in [5.74, 6) is 1.77. The van der Waals surface area contributed by atoms with Gasteiger partial charge in [0.25, 0.3) is 0 Å². The molecular weight excluding hydrogens is 264 g/mol. The van der Waals surface area contributed by atoms with Gasteiger partial charge in [-0.3, -0.25) is 9.69 Å². The molecule has 0 aromatic carbocycles. The first-order chi connectivity index (χ1) is 10.2. The Balaban J connectivity index is 1.62. The highest BCUT2D eigenvalue weighted by atomic mass is 16.5. The van der Waals surface area contributed by atoms with Crippen LogP contribution < -0.4 is 0 Å². The Morgan fingerprint density at radius 3 is 2.52 bits per heavy atom. The van der Waals surface area contributed by atoms with Crippen LogP contribution in [0.5, 0.6) is 0 Å². The maximum atomic E-state index is 11.8. The fourth-order valence-corrected chi connectivity index (χ4v) is 4.92. The monoisotopic (exact) mass is 294 g/mol. The quantitative estimate of drug-likeness (QED) is 0.729. The van der Waals surface area contributed by atoms with Crippen LogP contribution in [0.3, 0.4) is 0 Å². The molecule has 4 atom stereocenters. The summed E-state index contributed by atoms with van der Waals surface area (Å²) in [6, 6.07) is 0.774. The van der Waals surface area contributed by atoms with Gasteiger partial charge in [0.2, 0.25) is 0 Å². The van der Waals surface area contributed by atoms with E-state index in [1.807, 2.05) is 0 Å². The van der Waals surface area contributed by atoms with Crippen LogP contribution in [0.4, 0.5) is 0 Å². The SMILES string of the molecule is COC(=O)C1CCC2C(CCCC2N2CCN(C)CC2)C1. The lowest BCUT2D eigenvalue weighted by atomic mass is 9.65. The highest BCUT2D eigenvalue weighted by molar-refractivity contribution is 5.72. The number of ether oxygens (including phenoxy) is 1. The van der Waals surface area contributed by atoms with E-state index >= 15 is 0 Å². The first kappa shape index (κ1) is 15.3. The molecule has 0 radical (unpaired) electrons. The van der Waals surface area contributed by atoms with E-state index < -0.39 is 0 Å². The summed E-state index contributed by atoms with van der Waals surface area (Å²) in [6.45, 7) is 4.87. The second kappa shape index (κ2) is 6.66. The summed E-state index contributed by atoms with van der Waals surface area (Å²) >= 11 is 0. The summed E-state index contributed by atoms with van der Waals surface area (Å²) < 4.78 is 4.97. The van der Waals surface area contributed by atoms with Crippen molar-refractivity contribution in [2.24, 2.45) is 17.8 Å². The Morgan fingerprint density at radius 2 is 1.81 bits per heavy atom. The van der Waals surface area contributed by atoms with Gasteiger partial charge in [0.15, 0.2) is 0 Å². The van der Waals surface area contributed by atoms with Gasteiger partial charge in [-0.2, -0.15) is 0 Å². The summed E-state index contributed by atoms with van der Waals surface area (Å²) in [7, 11) is 3.75. The molecule has 4 heteroatoms. The van der Waals surface area contributed by atoms with Crippen LogP contribution in [0.15, 0.2) is 0 Å². The highest BCUT2D eigenvalue weighted by Crippen LogP contribution is 2.44. The lowest BCUT2D eigenvalue weighted by Gasteiger charge is -2.49. The van der Waals surface area contributed by atoms with Crippen molar-refractivity contribution in [1.82, 2.24) is 9.80 Å². The van der Waals surface area contributed by atoms with E-state index in [0.29, 0.717) is 0 Å². The summed E-state index contributed by atoms with van der Waals surface area (Å²) in [4.78, 5) is 17.0. The Morgan fingerprint density at radius 1 is 1.05 bits per heavy atom. The van der Waals surface area contributed by atoms with Crippen LogP contribution >= 0.6 is 0 Å². The van der Waals surface area contributed by atoms with Gasteiger partial charge >= 0.3 is 5.97 Å². The van der Waals surface area contributed by atoms with Gasteiger partial charge in [-0.25, -0.2) is 0 Å². The van der Waals surface area contributed by atoms with Crippen molar-refractivity contribution >= 4 is 5.97 Å². The zero-order valence-corrected chi connectivity index (χ0v) is 13.6. The van der Waals surface area contributed by atoms with E-state index in [4.69, 9.17) is 4.74 Å². The van der Waals surface area contributed by atoms with Crippen LogP contribution in [0, 0.1) is 17.8 Å². The van der Waals surface area contributed by atoms with E-state index in [9.17, 15) is 4.79 Å². The van der Waals surface area contributed by atoms with Gasteiger partial charge in [-0.1, -0.05) is 12.8 Å². The molecule has 3 rings (SSSR count). The summed E-state index contributed by atoms with van der Waals surface area (Å²) in [5.41, 5.74) is 0. The third-order valence-corrected chi connectivity index (χ3v) is 6.15. The molecule has 0 amide bonds. The van der Waals surface area contributed by atoms with E-state index in [-0.39, 0.29) is 11.9 Å². The van der Waals surface area contributed by atoms with Crippen molar-refractivity contribution in [3.05, 3.63) is 0 Å². The molecule has 0 N–H and O–H groups in total. The standard InChI is InChI=1S/C17H30N2O2/c1-18-8-10-19(11-9-18)16-5-3-4-13-12-14(17(20)21-2)6-7-15(13)16/h13-16H,3-12H2,1-2H3. The Labute approximate surface area is 128 Å². The van der Waals surface area contributed by atoms with Crippen LogP contribution in [0.1, 0.15) is 38.5 Å². The summed E-state index contributed by atoms with van der Waals surface area (Å²) in [5, 5.41) is 0. The maximum Gasteiger partial charge on any atom is 0.308 e. The number of likely N-dealkylation sites (N-methyl/N-ethyl adjacent to an activating group) is 1. The first-order valence-electron chi connectivity index (χ1n) is 8.69. The normalized spacial score (nSPS) is 38.8. The average Bonchev–Trinajstić information content (AvgIpc) is 2.54. The van der Waals surface area contributed by atoms with Gasteiger partial charge in [0.05, 0.1) is 13.0 Å². The number of methoxy groups -OCH3 is 1. The zero-order valence-electron chi connectivity index (χ0n) is 13.6. The molecule has 0 aromatic heterocycles. The minimum Gasteiger partial charge on any atom is -0.469 e. The molecule has 4 nitrogen and oxygen atoms in total. The number of nitrogens with zero attached hydrogens (tertiary/aromatic N) is 2. The number of rotatable bonds is 2. The van der Waals surface area contributed by atoms with Gasteiger partial charge in [-0.05, 0) is 44.6 Å². The lowest BCUT2D eigenvalue weighted by Crippen LogP contribution is -2.54. The van der Waals surface area contributed by atoms with Crippen molar-refractivity contribution in [1.29, 1.82) is 0 Å². The van der Waals surface area contributed by atoms with Crippen LogP contribution in [0.25, 0.3) is 0 Å². The zero-order chi connectivity index (χ0) is 14.8. The van der Waals surface area contributed by atoms with Crippen LogP contribution in [-0.2, 0) is 9.53 Å². The third kappa shape index (κ3) is 3.26. The third-order valence-electron chi connectivity index (χ3n) is 6.15. The smallest absolute Gasteiger partial charge is 0.308 e. The molecule has 0 aromatic rings. The second-order valence-electron chi connectivity index (χ2n) is 7.29. The van der Waals surface area contributed by atoms with Crippen LogP contribution in [-0.4, -0.2) is 62.1 Å². The highest BCUT2D eigenvalue weighted by Gasteiger charge is 2.42. The number of piperazine rings is 1. The van der Waals surface area contributed by atoms with Gasteiger partial charge in [-0.15, -0.1) is 0 Å². The second-order valence-corrected chi connectivity index (χ2v) is 7.29. The number of carbonyl (C=O) groups is 1. The number of carbonyl (C=O) groups excluding carboxylic acids is 1. The average molecular weight is 294 g/mol. The molecule has 4 unspecified atom stereocenters. The predicted molar refractivity (Wildman–Crippen MR) is 83.0 cm³/mol. The largest absolute Gasteiger partial charge is 0.469 e. The summed E-state index contributed by atoms with van der Waals surface area (Å²) in [6.07, 6.45) is 7.36. The predicted octanol–water partition coefficient (Wildman–Crippen LogP) is 1.99. The number of esters is 1. The van der Waals surface area contributed by atoms with E-state index in [0.717, 1.165) is 30.7 Å². The molecule has 120 valence electrons. The first-order valence-corrected chi connectivity index (χ1v) is 8.69. The Bertz CT molecular complexity index is 366. The van der Waals surface area contributed by atoms with E-state index in [2.05, 4.69) is 16.8 Å². The maximum absolute atomic E-state index is 11.8. The minimum absolute atomic E-state index is 0.0233. The van der Waals surface area contributed by atoms with Crippen molar-refractivity contribution in [2.75, 3.05) is 40.3 Å². The molecule has 1 heterocycles. The molecule has 0 spiro atoms. The van der Waals surface area contributed by atoms with Crippen molar-refractivity contribution in [3.8, 4) is 0 Å². The van der Waals surface area contributed by atoms with Gasteiger partial charge in [0, 0.05) is 32.2 Å². The molecule has 1 aliphatic heterocycles. The Kier molecular flexibility index (Phi) is 4.85. The van der Waals surface area contributed by atoms with Crippen LogP contribution in [0.2, 0.25) is 0 Å². The van der Waals surface area contributed by atoms with Crippen molar-refractivity contribution in [2.45, 2.75) is 44.6 Å². The minimum atomic E-state index is 0.0233. The molecule has 21 heavy (non-hydrogen) atoms. The topological polar surface area (TPSA) is 32.8 Å². The van der Waals surface area contributed by atoms with Gasteiger partial charge < -0.3 is 9.64 Å². The van der Waals surface area contributed by atoms with Crippen molar-refractivity contribution in [3.63, 3.8) is 0 Å². The molecule has 0 bridgehead atoms. The molecule has 1 saturated heterocycles. The number of hydrogen-bond donors (Lipinski definition) is 0. The molecule has 3 fully saturated rings. The fourth-order valence-electron chi connectivity index (χ4n) is 4.92. The number of hydrogen-bond acceptors (Lipinski definition) is 4. The van der Waals surface area contributed by atoms with Gasteiger partial charge in [0.1, 0.15) is 0 Å². The van der Waals surface area contributed by atoms with Crippen molar-refractivity contribution < 1.29 is 9.53 Å². The molecule has 2 saturated carbocycles. The lowest BCUT2D eigenvalue weighted by molar-refractivity contribution is -0.148. The molecule has 2 aliphatic carbocycles. The Hall–Kier alpha value is -0.610. The molecule has 3 aliphatic rings. The number of fused-ring (bicyclic) bond motifs is 1. The van der Waals surface area contributed by atoms with E-state index in [1.54, 1.807) is 0 Å². The van der Waals surface area contributed by atoms with E-state index in [1.165, 1.54) is 59.0 Å².